The van der Waals surface area contributed by atoms with Gasteiger partial charge in [-0.15, -0.1) is 0 Å². The Hall–Kier alpha value is -4.45. The number of aromatic nitrogens is 4. The van der Waals surface area contributed by atoms with Crippen molar-refractivity contribution in [3.05, 3.63) is 68.8 Å². The second-order valence-electron chi connectivity index (χ2n) is 12.9. The van der Waals surface area contributed by atoms with Crippen LogP contribution in [0.4, 0.5) is 0 Å². The molecule has 0 saturated heterocycles. The molecule has 5 heterocycles. The molecule has 1 amide bonds. The molecule has 0 radical (unpaired) electrons. The van der Waals surface area contributed by atoms with Crippen LogP contribution in [-0.4, -0.2) is 70.1 Å². The number of fused-ring (bicyclic) bond motifs is 8. The number of aryl methyl sites for hydroxylation is 2. The van der Waals surface area contributed by atoms with E-state index in [4.69, 9.17) is 19.4 Å². The van der Waals surface area contributed by atoms with Gasteiger partial charge in [-0.1, -0.05) is 20.8 Å². The van der Waals surface area contributed by atoms with Crippen molar-refractivity contribution in [1.82, 2.24) is 25.3 Å². The standard InChI is InChI=1S/C37H45N5O6S/c1-9-22-17(2)24-16-29-31(21(6)43)19(4)26(40-29)14-25-18(3)23(10-11-30(44)47-7)34(41-25)33(37(46)48-8)35-32(36(45)38-12-13-49)20(5)27(42-35)15-28(22)39-24/h14-18,22-23,40,42,49H,9-13H2,1-8H3,(H,38,45)/t17-,18+,22-,23+/m1/s1. The van der Waals surface area contributed by atoms with Crippen LogP contribution in [0.15, 0.2) is 18.2 Å². The van der Waals surface area contributed by atoms with E-state index < -0.39 is 11.9 Å². The van der Waals surface area contributed by atoms with Crippen LogP contribution in [0.5, 0.6) is 0 Å². The summed E-state index contributed by atoms with van der Waals surface area (Å²) < 4.78 is 10.3. The minimum atomic E-state index is -0.673. The number of hydrogen-bond donors (Lipinski definition) is 4. The highest BCUT2D eigenvalue weighted by Gasteiger charge is 2.36. The monoisotopic (exact) mass is 687 g/mol. The summed E-state index contributed by atoms with van der Waals surface area (Å²) >= 11 is 4.27. The van der Waals surface area contributed by atoms with Crippen LogP contribution >= 0.6 is 12.6 Å². The number of H-pyrrole nitrogens is 2. The molecule has 11 nitrogen and oxygen atoms in total. The zero-order chi connectivity index (χ0) is 35.7. The van der Waals surface area contributed by atoms with Gasteiger partial charge >= 0.3 is 11.9 Å². The first-order valence-electron chi connectivity index (χ1n) is 16.7. The third kappa shape index (κ3) is 6.62. The number of ketones is 1. The van der Waals surface area contributed by atoms with Gasteiger partial charge in [-0.3, -0.25) is 24.4 Å². The second-order valence-corrected chi connectivity index (χ2v) is 13.3. The van der Waals surface area contributed by atoms with Crippen molar-refractivity contribution in [1.29, 1.82) is 0 Å². The number of Topliss-reactive ketones (excluding diaryl/α,β-unsaturated/α-hetero) is 1. The van der Waals surface area contributed by atoms with Gasteiger partial charge in [0.15, 0.2) is 5.78 Å². The molecule has 49 heavy (non-hydrogen) atoms. The van der Waals surface area contributed by atoms with Crippen LogP contribution in [0.3, 0.4) is 0 Å². The van der Waals surface area contributed by atoms with Gasteiger partial charge in [-0.05, 0) is 62.9 Å². The van der Waals surface area contributed by atoms with Crippen molar-refractivity contribution >= 4 is 58.3 Å². The Labute approximate surface area is 291 Å². The van der Waals surface area contributed by atoms with Crippen LogP contribution < -0.4 is 5.32 Å². The number of thiol groups is 1. The van der Waals surface area contributed by atoms with E-state index in [0.717, 1.165) is 23.4 Å². The number of ether oxygens (including phenoxy) is 2. The summed E-state index contributed by atoms with van der Waals surface area (Å²) in [5, 5.41) is 2.91. The van der Waals surface area contributed by atoms with Gasteiger partial charge in [0, 0.05) is 76.1 Å². The number of methoxy groups -OCH3 is 2. The summed E-state index contributed by atoms with van der Waals surface area (Å²) in [6.45, 7) is 11.8. The number of carbonyl (C=O) groups excluding carboxylic acids is 4. The largest absolute Gasteiger partial charge is 0.469 e. The number of hydrogen-bond acceptors (Lipinski definition) is 9. The first kappa shape index (κ1) is 35.8. The lowest BCUT2D eigenvalue weighted by molar-refractivity contribution is -0.140. The molecule has 0 spiro atoms. The highest BCUT2D eigenvalue weighted by molar-refractivity contribution is 7.80. The van der Waals surface area contributed by atoms with E-state index >= 15 is 0 Å². The molecular formula is C37H45N5O6S. The molecule has 4 atom stereocenters. The summed E-state index contributed by atoms with van der Waals surface area (Å²) in [5.41, 5.74) is 7.39. The third-order valence-electron chi connectivity index (χ3n) is 10.1. The lowest BCUT2D eigenvalue weighted by atomic mass is 9.85. The molecule has 8 bridgehead atoms. The summed E-state index contributed by atoms with van der Waals surface area (Å²) in [5.74, 6) is -1.61. The number of aromatic amines is 2. The predicted octanol–water partition coefficient (Wildman–Crippen LogP) is 6.72. The number of esters is 2. The van der Waals surface area contributed by atoms with Crippen molar-refractivity contribution in [2.75, 3.05) is 26.5 Å². The topological polar surface area (TPSA) is 156 Å². The summed E-state index contributed by atoms with van der Waals surface area (Å²) in [6.07, 6.45) is 1.23. The van der Waals surface area contributed by atoms with Crippen molar-refractivity contribution < 1.29 is 28.7 Å². The van der Waals surface area contributed by atoms with Gasteiger partial charge in [0.2, 0.25) is 0 Å². The first-order valence-corrected chi connectivity index (χ1v) is 17.3. The fourth-order valence-electron chi connectivity index (χ4n) is 7.31. The van der Waals surface area contributed by atoms with Gasteiger partial charge in [0.1, 0.15) is 5.56 Å². The van der Waals surface area contributed by atoms with Crippen molar-refractivity contribution in [3.8, 4) is 0 Å². The van der Waals surface area contributed by atoms with E-state index in [9.17, 15) is 19.2 Å². The first-order chi connectivity index (χ1) is 23.4. The number of nitrogens with one attached hydrogen (secondary N) is 3. The Bertz CT molecular complexity index is 2000. The van der Waals surface area contributed by atoms with Crippen molar-refractivity contribution in [3.63, 3.8) is 0 Å². The van der Waals surface area contributed by atoms with E-state index in [1.165, 1.54) is 14.2 Å². The average molecular weight is 688 g/mol. The SMILES string of the molecule is CC[C@H]1c2cc3[nH]c(c(C(=O)OC)c4nc(cc5[nH]c(cc(n2)[C@@H]1C)c(C(C)=O)c5C)[C@@H](C)[C@@H]4CCC(=O)OC)c(C(=O)NCCS)c3C. The zero-order valence-corrected chi connectivity index (χ0v) is 30.3. The highest BCUT2D eigenvalue weighted by atomic mass is 32.1. The molecule has 0 aromatic carbocycles. The van der Waals surface area contributed by atoms with Crippen LogP contribution in [0, 0.1) is 13.8 Å². The van der Waals surface area contributed by atoms with Crippen molar-refractivity contribution in [2.45, 2.75) is 84.5 Å². The van der Waals surface area contributed by atoms with E-state index in [1.807, 2.05) is 39.0 Å². The Kier molecular flexibility index (Phi) is 10.7. The van der Waals surface area contributed by atoms with E-state index in [2.05, 4.69) is 41.8 Å². The number of rotatable bonds is 9. The van der Waals surface area contributed by atoms with E-state index in [-0.39, 0.29) is 52.9 Å². The minimum Gasteiger partial charge on any atom is -0.469 e. The summed E-state index contributed by atoms with van der Waals surface area (Å²) in [4.78, 5) is 70.1. The average Bonchev–Trinajstić information content (AvgIpc) is 3.75. The highest BCUT2D eigenvalue weighted by Crippen LogP contribution is 2.43. The Morgan fingerprint density at radius 3 is 2.08 bits per heavy atom. The minimum absolute atomic E-state index is 0.0550. The maximum Gasteiger partial charge on any atom is 0.341 e. The molecule has 3 N–H and O–H groups in total. The Morgan fingerprint density at radius 2 is 1.45 bits per heavy atom. The molecule has 2 aliphatic rings. The summed E-state index contributed by atoms with van der Waals surface area (Å²) in [6, 6.07) is 5.80. The fraction of sp³-hybridized carbons (Fsp3) is 0.459. The van der Waals surface area contributed by atoms with Crippen LogP contribution in [0.2, 0.25) is 0 Å². The molecule has 5 rings (SSSR count). The predicted molar refractivity (Wildman–Crippen MR) is 192 cm³/mol. The molecule has 0 fully saturated rings. The molecule has 0 aliphatic carbocycles. The Morgan fingerprint density at radius 1 is 0.837 bits per heavy atom. The lowest BCUT2D eigenvalue weighted by Crippen LogP contribution is -2.26. The van der Waals surface area contributed by atoms with Gasteiger partial charge in [-0.25, -0.2) is 4.79 Å². The van der Waals surface area contributed by atoms with E-state index in [1.54, 1.807) is 6.92 Å². The summed E-state index contributed by atoms with van der Waals surface area (Å²) in [7, 11) is 2.63. The molecular weight excluding hydrogens is 643 g/mol. The Balaban J connectivity index is 2.02. The normalized spacial score (nSPS) is 18.6. The van der Waals surface area contributed by atoms with Gasteiger partial charge in [0.25, 0.3) is 5.91 Å². The van der Waals surface area contributed by atoms with Crippen LogP contribution in [-0.2, 0) is 14.3 Å². The van der Waals surface area contributed by atoms with Crippen LogP contribution in [0.1, 0.15) is 136 Å². The molecule has 12 heteroatoms. The quantitative estimate of drug-likeness (QED) is 0.110. The van der Waals surface area contributed by atoms with Gasteiger partial charge in [-0.2, -0.15) is 12.6 Å². The second kappa shape index (κ2) is 14.6. The molecule has 260 valence electrons. The lowest BCUT2D eigenvalue weighted by Gasteiger charge is -2.17. The number of nitrogens with zero attached hydrogens (tertiary/aromatic N) is 2. The van der Waals surface area contributed by atoms with Gasteiger partial charge in [0.05, 0.1) is 36.5 Å². The number of amides is 1. The maximum atomic E-state index is 13.9. The number of carbonyl (C=O) groups is 4. The zero-order valence-electron chi connectivity index (χ0n) is 29.4. The van der Waals surface area contributed by atoms with E-state index in [0.29, 0.717) is 63.3 Å². The van der Waals surface area contributed by atoms with Crippen molar-refractivity contribution in [2.24, 2.45) is 0 Å². The van der Waals surface area contributed by atoms with Gasteiger partial charge < -0.3 is 24.8 Å². The molecule has 2 aliphatic heterocycles. The molecule has 0 saturated carbocycles. The molecule has 0 unspecified atom stereocenters. The fourth-order valence-corrected chi connectivity index (χ4v) is 7.42. The smallest absolute Gasteiger partial charge is 0.341 e. The van der Waals surface area contributed by atoms with Crippen LogP contribution in [0.25, 0.3) is 22.1 Å². The third-order valence-corrected chi connectivity index (χ3v) is 10.3. The maximum absolute atomic E-state index is 13.9. The molecule has 3 aromatic rings. The molecule has 3 aromatic heterocycles.